The summed E-state index contributed by atoms with van der Waals surface area (Å²) in [5.41, 5.74) is 1.05. The van der Waals surface area contributed by atoms with Crippen LogP contribution in [0.4, 0.5) is 0 Å². The summed E-state index contributed by atoms with van der Waals surface area (Å²) < 4.78 is 0. The SMILES string of the molecule is CC(C)C1(C(C)(C)C)C(=O)NC2=C1CCS2. The molecule has 0 aromatic rings. The van der Waals surface area contributed by atoms with Gasteiger partial charge in [-0.3, -0.25) is 4.79 Å². The Morgan fingerprint density at radius 1 is 1.38 bits per heavy atom. The molecule has 0 saturated carbocycles. The van der Waals surface area contributed by atoms with Crippen LogP contribution in [0, 0.1) is 16.7 Å². The zero-order valence-corrected chi connectivity index (χ0v) is 11.6. The van der Waals surface area contributed by atoms with Gasteiger partial charge < -0.3 is 5.32 Å². The molecule has 1 atom stereocenters. The summed E-state index contributed by atoms with van der Waals surface area (Å²) >= 11 is 1.80. The van der Waals surface area contributed by atoms with Gasteiger partial charge in [0.2, 0.25) is 5.91 Å². The number of nitrogens with one attached hydrogen (secondary N) is 1. The van der Waals surface area contributed by atoms with Gasteiger partial charge in [-0.2, -0.15) is 0 Å². The Hall–Kier alpha value is -0.440. The molecule has 1 N–H and O–H groups in total. The minimum Gasteiger partial charge on any atom is -0.320 e. The molecule has 1 unspecified atom stereocenters. The van der Waals surface area contributed by atoms with Crippen LogP contribution in [-0.4, -0.2) is 11.7 Å². The molecule has 0 spiro atoms. The standard InChI is InChI=1S/C13H21NOS/c1-8(2)13(12(3,4)5)9-6-7-16-10(9)14-11(13)15/h8H,6-7H2,1-5H3,(H,14,15). The van der Waals surface area contributed by atoms with Gasteiger partial charge >= 0.3 is 0 Å². The topological polar surface area (TPSA) is 29.1 Å². The van der Waals surface area contributed by atoms with Crippen molar-refractivity contribution in [3.8, 4) is 0 Å². The largest absolute Gasteiger partial charge is 0.320 e. The van der Waals surface area contributed by atoms with Crippen LogP contribution in [0.1, 0.15) is 41.0 Å². The van der Waals surface area contributed by atoms with Gasteiger partial charge in [-0.15, -0.1) is 11.8 Å². The van der Waals surface area contributed by atoms with Crippen molar-refractivity contribution in [1.82, 2.24) is 5.32 Å². The fraction of sp³-hybridized carbons (Fsp3) is 0.769. The van der Waals surface area contributed by atoms with E-state index in [1.54, 1.807) is 11.8 Å². The Labute approximate surface area is 102 Å². The van der Waals surface area contributed by atoms with Crippen LogP contribution in [0.5, 0.6) is 0 Å². The average molecular weight is 239 g/mol. The van der Waals surface area contributed by atoms with Gasteiger partial charge in [0, 0.05) is 5.75 Å². The molecule has 3 heteroatoms. The molecule has 0 aromatic carbocycles. The second-order valence-electron chi connectivity index (χ2n) is 6.07. The lowest BCUT2D eigenvalue weighted by molar-refractivity contribution is -0.135. The van der Waals surface area contributed by atoms with Crippen LogP contribution in [0.2, 0.25) is 0 Å². The first-order valence-corrected chi connectivity index (χ1v) is 6.98. The van der Waals surface area contributed by atoms with Crippen LogP contribution >= 0.6 is 11.8 Å². The third-order valence-corrected chi connectivity index (χ3v) is 5.03. The van der Waals surface area contributed by atoms with E-state index in [1.807, 2.05) is 0 Å². The Balaban J connectivity index is 2.58. The van der Waals surface area contributed by atoms with Crippen molar-refractivity contribution >= 4 is 17.7 Å². The quantitative estimate of drug-likeness (QED) is 0.761. The van der Waals surface area contributed by atoms with Crippen LogP contribution < -0.4 is 5.32 Å². The van der Waals surface area contributed by atoms with Gasteiger partial charge in [-0.05, 0) is 23.3 Å². The number of rotatable bonds is 1. The van der Waals surface area contributed by atoms with Crippen LogP contribution in [-0.2, 0) is 4.79 Å². The monoisotopic (exact) mass is 239 g/mol. The first-order valence-electron chi connectivity index (χ1n) is 5.99. The van der Waals surface area contributed by atoms with E-state index >= 15 is 0 Å². The lowest BCUT2D eigenvalue weighted by Crippen LogP contribution is -2.49. The molecule has 0 aliphatic carbocycles. The highest BCUT2D eigenvalue weighted by Crippen LogP contribution is 2.58. The van der Waals surface area contributed by atoms with Crippen molar-refractivity contribution in [2.24, 2.45) is 16.7 Å². The van der Waals surface area contributed by atoms with Gasteiger partial charge in [0.1, 0.15) is 0 Å². The number of carbonyl (C=O) groups excluding carboxylic acids is 1. The Kier molecular flexibility index (Phi) is 2.65. The lowest BCUT2D eigenvalue weighted by Gasteiger charge is -2.44. The van der Waals surface area contributed by atoms with E-state index in [-0.39, 0.29) is 16.7 Å². The smallest absolute Gasteiger partial charge is 0.235 e. The predicted molar refractivity (Wildman–Crippen MR) is 69.0 cm³/mol. The number of thioether (sulfide) groups is 1. The van der Waals surface area contributed by atoms with Crippen molar-refractivity contribution in [2.75, 3.05) is 5.75 Å². The summed E-state index contributed by atoms with van der Waals surface area (Å²) in [7, 11) is 0. The van der Waals surface area contributed by atoms with Crippen molar-refractivity contribution in [2.45, 2.75) is 41.0 Å². The molecule has 0 aromatic heterocycles. The molecule has 2 rings (SSSR count). The molecule has 0 saturated heterocycles. The first-order chi connectivity index (χ1) is 7.31. The summed E-state index contributed by atoms with van der Waals surface area (Å²) in [6.07, 6.45) is 1.06. The fourth-order valence-corrected chi connectivity index (χ4v) is 4.66. The van der Waals surface area contributed by atoms with Crippen LogP contribution in [0.15, 0.2) is 10.6 Å². The summed E-state index contributed by atoms with van der Waals surface area (Å²) in [6.45, 7) is 10.9. The predicted octanol–water partition coefficient (Wildman–Crippen LogP) is 3.15. The molecule has 16 heavy (non-hydrogen) atoms. The van der Waals surface area contributed by atoms with E-state index in [1.165, 1.54) is 5.57 Å². The van der Waals surface area contributed by atoms with Crippen molar-refractivity contribution in [1.29, 1.82) is 0 Å². The lowest BCUT2D eigenvalue weighted by atomic mass is 9.57. The second kappa shape index (κ2) is 3.52. The van der Waals surface area contributed by atoms with E-state index in [0.717, 1.165) is 17.2 Å². The summed E-state index contributed by atoms with van der Waals surface area (Å²) in [5, 5.41) is 4.25. The van der Waals surface area contributed by atoms with Gasteiger partial charge in [-0.25, -0.2) is 0 Å². The Bertz CT molecular complexity index is 365. The number of hydrogen-bond donors (Lipinski definition) is 1. The molecular formula is C13H21NOS. The first kappa shape index (κ1) is 12.0. The highest BCUT2D eigenvalue weighted by atomic mass is 32.2. The molecule has 2 aliphatic rings. The molecule has 2 nitrogen and oxygen atoms in total. The van der Waals surface area contributed by atoms with Gasteiger partial charge in [0.05, 0.1) is 10.4 Å². The molecule has 0 bridgehead atoms. The van der Waals surface area contributed by atoms with E-state index in [9.17, 15) is 4.79 Å². The fourth-order valence-electron chi connectivity index (χ4n) is 3.55. The van der Waals surface area contributed by atoms with Crippen molar-refractivity contribution < 1.29 is 4.79 Å². The maximum absolute atomic E-state index is 12.4. The highest BCUT2D eigenvalue weighted by molar-refractivity contribution is 8.03. The number of carbonyl (C=O) groups is 1. The molecule has 0 fully saturated rings. The molecule has 1 amide bonds. The van der Waals surface area contributed by atoms with Gasteiger partial charge in [0.25, 0.3) is 0 Å². The highest BCUT2D eigenvalue weighted by Gasteiger charge is 2.58. The minimum absolute atomic E-state index is 0.0206. The summed E-state index contributed by atoms with van der Waals surface area (Å²) in [6, 6.07) is 0. The van der Waals surface area contributed by atoms with E-state index < -0.39 is 0 Å². The number of amides is 1. The number of hydrogen-bond acceptors (Lipinski definition) is 2. The molecule has 2 heterocycles. The summed E-state index contributed by atoms with van der Waals surface area (Å²) in [4.78, 5) is 12.4. The molecule has 2 aliphatic heterocycles. The van der Waals surface area contributed by atoms with E-state index in [0.29, 0.717) is 5.92 Å². The normalized spacial score (nSPS) is 30.0. The van der Waals surface area contributed by atoms with Crippen LogP contribution in [0.25, 0.3) is 0 Å². The van der Waals surface area contributed by atoms with Crippen molar-refractivity contribution in [3.05, 3.63) is 10.6 Å². The maximum atomic E-state index is 12.4. The Morgan fingerprint density at radius 2 is 2.00 bits per heavy atom. The third kappa shape index (κ3) is 1.30. The van der Waals surface area contributed by atoms with Gasteiger partial charge in [-0.1, -0.05) is 34.6 Å². The average Bonchev–Trinajstić information content (AvgIpc) is 2.58. The van der Waals surface area contributed by atoms with Crippen LogP contribution in [0.3, 0.4) is 0 Å². The molecular weight excluding hydrogens is 218 g/mol. The minimum atomic E-state index is -0.300. The summed E-state index contributed by atoms with van der Waals surface area (Å²) in [5.74, 6) is 1.68. The second-order valence-corrected chi connectivity index (χ2v) is 7.18. The zero-order chi connectivity index (χ0) is 12.1. The third-order valence-electron chi connectivity index (χ3n) is 3.98. The van der Waals surface area contributed by atoms with E-state index in [2.05, 4.69) is 39.9 Å². The molecule has 0 radical (unpaired) electrons. The maximum Gasteiger partial charge on any atom is 0.235 e. The zero-order valence-electron chi connectivity index (χ0n) is 10.8. The molecule has 90 valence electrons. The van der Waals surface area contributed by atoms with Gasteiger partial charge in [0.15, 0.2) is 0 Å². The Morgan fingerprint density at radius 3 is 2.50 bits per heavy atom. The van der Waals surface area contributed by atoms with Crippen molar-refractivity contribution in [3.63, 3.8) is 0 Å². The van der Waals surface area contributed by atoms with E-state index in [4.69, 9.17) is 0 Å².